The maximum atomic E-state index is 12.3. The van der Waals surface area contributed by atoms with Crippen molar-refractivity contribution in [2.45, 2.75) is 18.6 Å². The van der Waals surface area contributed by atoms with E-state index in [9.17, 15) is 9.59 Å². The van der Waals surface area contributed by atoms with Gasteiger partial charge in [-0.3, -0.25) is 9.59 Å². The zero-order valence-corrected chi connectivity index (χ0v) is 19.7. The summed E-state index contributed by atoms with van der Waals surface area (Å²) in [5, 5.41) is 13.8. The Bertz CT molecular complexity index is 1240. The SMILES string of the molecule is CCOc1ccc(NC(=O)CC2S/C(=N\N=C\c3ccc(-c4cccc(Cl)c4)o3)NC2=O)cc1. The molecule has 3 aromatic rings. The highest BCUT2D eigenvalue weighted by molar-refractivity contribution is 8.15. The van der Waals surface area contributed by atoms with Crippen LogP contribution in [0.2, 0.25) is 5.02 Å². The van der Waals surface area contributed by atoms with Crippen molar-refractivity contribution in [2.24, 2.45) is 10.2 Å². The number of ether oxygens (including phenoxy) is 1. The molecule has 2 amide bonds. The van der Waals surface area contributed by atoms with Gasteiger partial charge in [0.15, 0.2) is 5.17 Å². The third kappa shape index (κ3) is 6.27. The Hall–Kier alpha value is -3.56. The van der Waals surface area contributed by atoms with Gasteiger partial charge in [0, 0.05) is 22.7 Å². The number of nitrogens with one attached hydrogen (secondary N) is 2. The number of thioether (sulfide) groups is 1. The van der Waals surface area contributed by atoms with E-state index in [-0.39, 0.29) is 18.2 Å². The molecule has 1 aromatic heterocycles. The number of amides is 2. The van der Waals surface area contributed by atoms with E-state index in [1.807, 2.05) is 25.1 Å². The Balaban J connectivity index is 1.30. The maximum absolute atomic E-state index is 12.3. The summed E-state index contributed by atoms with van der Waals surface area (Å²) in [4.78, 5) is 24.6. The molecule has 10 heteroatoms. The van der Waals surface area contributed by atoms with Crippen LogP contribution in [0.1, 0.15) is 19.1 Å². The predicted octanol–water partition coefficient (Wildman–Crippen LogP) is 4.95. The molecular weight excluding hydrogens is 476 g/mol. The summed E-state index contributed by atoms with van der Waals surface area (Å²) in [6, 6.07) is 17.9. The van der Waals surface area contributed by atoms with Gasteiger partial charge in [-0.1, -0.05) is 35.5 Å². The third-order valence-electron chi connectivity index (χ3n) is 4.67. The van der Waals surface area contributed by atoms with Gasteiger partial charge in [0.1, 0.15) is 22.5 Å². The summed E-state index contributed by atoms with van der Waals surface area (Å²) in [5.41, 5.74) is 1.48. The van der Waals surface area contributed by atoms with E-state index in [4.69, 9.17) is 20.8 Å². The van der Waals surface area contributed by atoms with Crippen LogP contribution in [0.25, 0.3) is 11.3 Å². The van der Waals surface area contributed by atoms with Gasteiger partial charge in [-0.15, -0.1) is 5.10 Å². The van der Waals surface area contributed by atoms with E-state index in [1.54, 1.807) is 42.5 Å². The summed E-state index contributed by atoms with van der Waals surface area (Å²) in [7, 11) is 0. The molecule has 1 aliphatic rings. The number of furan rings is 1. The minimum Gasteiger partial charge on any atom is -0.494 e. The summed E-state index contributed by atoms with van der Waals surface area (Å²) in [6.07, 6.45) is 1.45. The molecule has 1 atom stereocenters. The molecule has 1 aliphatic heterocycles. The number of hydrogen-bond donors (Lipinski definition) is 2. The molecule has 1 unspecified atom stereocenters. The van der Waals surface area contributed by atoms with Gasteiger partial charge >= 0.3 is 0 Å². The van der Waals surface area contributed by atoms with Gasteiger partial charge in [0.05, 0.1) is 12.8 Å². The average Bonchev–Trinajstić information content (AvgIpc) is 3.42. The number of benzene rings is 2. The molecule has 2 heterocycles. The Kier molecular flexibility index (Phi) is 7.66. The second-order valence-electron chi connectivity index (χ2n) is 7.17. The Morgan fingerprint density at radius 3 is 2.82 bits per heavy atom. The van der Waals surface area contributed by atoms with Crippen molar-refractivity contribution in [3.63, 3.8) is 0 Å². The lowest BCUT2D eigenvalue weighted by molar-refractivity contribution is -0.122. The molecule has 2 N–H and O–H groups in total. The van der Waals surface area contributed by atoms with Crippen LogP contribution < -0.4 is 15.4 Å². The minimum absolute atomic E-state index is 0.00756. The first-order valence-electron chi connectivity index (χ1n) is 10.5. The van der Waals surface area contributed by atoms with Gasteiger partial charge < -0.3 is 19.8 Å². The summed E-state index contributed by atoms with van der Waals surface area (Å²) >= 11 is 7.17. The quantitative estimate of drug-likeness (QED) is 0.339. The molecular formula is C24H21ClN4O4S. The molecule has 0 aliphatic carbocycles. The van der Waals surface area contributed by atoms with Crippen molar-refractivity contribution in [2.75, 3.05) is 11.9 Å². The molecule has 34 heavy (non-hydrogen) atoms. The molecule has 2 aromatic carbocycles. The van der Waals surface area contributed by atoms with Gasteiger partial charge in [0.2, 0.25) is 11.8 Å². The second-order valence-corrected chi connectivity index (χ2v) is 8.80. The van der Waals surface area contributed by atoms with E-state index in [0.29, 0.717) is 34.0 Å². The fraction of sp³-hybridized carbons (Fsp3) is 0.167. The Morgan fingerprint density at radius 2 is 2.06 bits per heavy atom. The molecule has 174 valence electrons. The number of nitrogens with zero attached hydrogens (tertiary/aromatic N) is 2. The van der Waals surface area contributed by atoms with Gasteiger partial charge in [-0.2, -0.15) is 5.10 Å². The van der Waals surface area contributed by atoms with Crippen molar-refractivity contribution >= 4 is 52.2 Å². The third-order valence-corrected chi connectivity index (χ3v) is 5.97. The van der Waals surface area contributed by atoms with E-state index >= 15 is 0 Å². The number of hydrogen-bond acceptors (Lipinski definition) is 7. The number of anilines is 1. The van der Waals surface area contributed by atoms with Crippen molar-refractivity contribution in [3.05, 3.63) is 71.4 Å². The molecule has 1 fully saturated rings. The van der Waals surface area contributed by atoms with Gasteiger partial charge in [0.25, 0.3) is 0 Å². The van der Waals surface area contributed by atoms with E-state index < -0.39 is 5.25 Å². The summed E-state index contributed by atoms with van der Waals surface area (Å²) < 4.78 is 11.1. The van der Waals surface area contributed by atoms with Crippen LogP contribution in [0.5, 0.6) is 5.75 Å². The van der Waals surface area contributed by atoms with E-state index in [2.05, 4.69) is 20.8 Å². The van der Waals surface area contributed by atoms with Crippen LogP contribution in [-0.2, 0) is 9.59 Å². The minimum atomic E-state index is -0.588. The molecule has 8 nitrogen and oxygen atoms in total. The maximum Gasteiger partial charge on any atom is 0.240 e. The first-order valence-corrected chi connectivity index (χ1v) is 11.7. The lowest BCUT2D eigenvalue weighted by atomic mass is 10.2. The number of halogens is 1. The molecule has 0 bridgehead atoms. The average molecular weight is 497 g/mol. The summed E-state index contributed by atoms with van der Waals surface area (Å²) in [6.45, 7) is 2.47. The molecule has 4 rings (SSSR count). The van der Waals surface area contributed by atoms with Crippen molar-refractivity contribution in [3.8, 4) is 17.1 Å². The van der Waals surface area contributed by atoms with Crippen molar-refractivity contribution in [1.29, 1.82) is 0 Å². The normalized spacial score (nSPS) is 16.7. The number of carbonyl (C=O) groups is 2. The smallest absolute Gasteiger partial charge is 0.240 e. The van der Waals surface area contributed by atoms with Crippen molar-refractivity contribution in [1.82, 2.24) is 5.32 Å². The fourth-order valence-corrected chi connectivity index (χ4v) is 4.24. The highest BCUT2D eigenvalue weighted by atomic mass is 35.5. The molecule has 0 saturated carbocycles. The summed E-state index contributed by atoms with van der Waals surface area (Å²) in [5.74, 6) is 1.31. The van der Waals surface area contributed by atoms with Crippen molar-refractivity contribution < 1.29 is 18.7 Å². The van der Waals surface area contributed by atoms with Gasteiger partial charge in [-0.25, -0.2) is 0 Å². The Morgan fingerprint density at radius 1 is 1.24 bits per heavy atom. The van der Waals surface area contributed by atoms with Crippen LogP contribution in [-0.4, -0.2) is 35.1 Å². The van der Waals surface area contributed by atoms with Crippen LogP contribution >= 0.6 is 23.4 Å². The first-order chi connectivity index (χ1) is 16.5. The monoisotopic (exact) mass is 496 g/mol. The number of amidine groups is 1. The Labute approximate surface area is 205 Å². The molecule has 0 radical (unpaired) electrons. The first kappa shape index (κ1) is 23.6. The predicted molar refractivity (Wildman–Crippen MR) is 135 cm³/mol. The lowest BCUT2D eigenvalue weighted by Gasteiger charge is -2.08. The van der Waals surface area contributed by atoms with Crippen LogP contribution in [0.3, 0.4) is 0 Å². The number of rotatable bonds is 8. The van der Waals surface area contributed by atoms with Gasteiger partial charge in [-0.05, 0) is 55.5 Å². The van der Waals surface area contributed by atoms with Crippen LogP contribution in [0, 0.1) is 0 Å². The van der Waals surface area contributed by atoms with E-state index in [0.717, 1.165) is 23.1 Å². The standard InChI is InChI=1S/C24H21ClN4O4S/c1-2-32-18-8-6-17(7-9-18)27-22(30)13-21-23(31)28-24(34-21)29-26-14-19-10-11-20(33-19)15-4-3-5-16(25)12-15/h3-12,14,21H,2,13H2,1H3,(H,27,30)(H,28,29,31)/b26-14+. The zero-order chi connectivity index (χ0) is 23.9. The highest BCUT2D eigenvalue weighted by Crippen LogP contribution is 2.25. The topological polar surface area (TPSA) is 105 Å². The largest absolute Gasteiger partial charge is 0.494 e. The second kappa shape index (κ2) is 11.0. The van der Waals surface area contributed by atoms with Crippen LogP contribution in [0.4, 0.5) is 5.69 Å². The van der Waals surface area contributed by atoms with E-state index in [1.165, 1.54) is 6.21 Å². The van der Waals surface area contributed by atoms with Crippen LogP contribution in [0.15, 0.2) is 75.3 Å². The molecule has 1 saturated heterocycles. The molecule has 0 spiro atoms. The lowest BCUT2D eigenvalue weighted by Crippen LogP contribution is -2.28. The number of carbonyl (C=O) groups excluding carboxylic acids is 2. The fourth-order valence-electron chi connectivity index (χ4n) is 3.13. The zero-order valence-electron chi connectivity index (χ0n) is 18.2. The highest BCUT2D eigenvalue weighted by Gasteiger charge is 2.32.